The van der Waals surface area contributed by atoms with Gasteiger partial charge in [-0.25, -0.2) is 14.6 Å². The van der Waals surface area contributed by atoms with Gasteiger partial charge in [0, 0.05) is 18.9 Å². The Bertz CT molecular complexity index is 1030. The molecule has 0 amide bonds. The van der Waals surface area contributed by atoms with Crippen LogP contribution in [-0.2, 0) is 31.9 Å². The molecule has 1 aliphatic rings. The maximum absolute atomic E-state index is 10.7. The monoisotopic (exact) mass is 693 g/mol. The standard InChI is InChI=1S/C17H16N7.ClH.F6P.Pt/c1-2-5-15(6-3-1)11-24-13-16(20-21-24)12-22-9-10-23(14-22)17-18-7-4-8-19-17;;1-7(2,3,4,5)6;/h1-10,13-14H,11-12H2;1H;;/q-1;;-1;+2/p-1. The van der Waals surface area contributed by atoms with E-state index < -0.39 is 7.81 Å². The Kier molecular flexibility index (Phi) is 8.48. The van der Waals surface area contributed by atoms with Crippen LogP contribution in [-0.4, -0.2) is 29.9 Å². The first-order valence-corrected chi connectivity index (χ1v) is 13.6. The summed E-state index contributed by atoms with van der Waals surface area (Å²) in [5.74, 6) is 0.643. The van der Waals surface area contributed by atoms with E-state index in [1.807, 2.05) is 57.9 Å². The Labute approximate surface area is 200 Å². The van der Waals surface area contributed by atoms with Gasteiger partial charge >= 0.3 is 61.2 Å². The van der Waals surface area contributed by atoms with Crippen molar-refractivity contribution >= 4 is 23.2 Å². The molecule has 0 saturated carbocycles. The number of hydrogen-bond acceptors (Lipinski definition) is 6. The Morgan fingerprint density at radius 1 is 0.879 bits per heavy atom. The predicted octanol–water partition coefficient (Wildman–Crippen LogP) is 6.10. The van der Waals surface area contributed by atoms with Gasteiger partial charge in [-0.05, 0) is 24.0 Å². The summed E-state index contributed by atoms with van der Waals surface area (Å²) in [6, 6.07) is 12.0. The fourth-order valence-corrected chi connectivity index (χ4v) is 2.48. The van der Waals surface area contributed by atoms with Crippen LogP contribution in [0.2, 0.25) is 0 Å². The number of nitrogens with zero attached hydrogens (tertiary/aromatic N) is 7. The van der Waals surface area contributed by atoms with Crippen LogP contribution < -0.4 is 4.90 Å². The van der Waals surface area contributed by atoms with Gasteiger partial charge in [0.2, 0.25) is 0 Å². The van der Waals surface area contributed by atoms with Crippen LogP contribution >= 0.6 is 17.2 Å². The van der Waals surface area contributed by atoms with Crippen LogP contribution in [0.25, 0.3) is 0 Å². The molecule has 3 heterocycles. The average molecular weight is 694 g/mol. The summed E-state index contributed by atoms with van der Waals surface area (Å²) in [6.45, 7) is 3.30. The molecule has 0 N–H and O–H groups in total. The summed E-state index contributed by atoms with van der Waals surface area (Å²) in [5.41, 5.74) is 2.11. The molecule has 1 aliphatic heterocycles. The van der Waals surface area contributed by atoms with Gasteiger partial charge in [0.25, 0.3) is 0 Å². The van der Waals surface area contributed by atoms with Crippen molar-refractivity contribution in [1.29, 1.82) is 0 Å². The summed E-state index contributed by atoms with van der Waals surface area (Å²) in [4.78, 5) is 12.3. The van der Waals surface area contributed by atoms with Crippen LogP contribution in [0.3, 0.4) is 0 Å². The number of benzene rings is 1. The first-order valence-electron chi connectivity index (χ1n) is 8.77. The van der Waals surface area contributed by atoms with Crippen molar-refractivity contribution in [3.05, 3.63) is 85.3 Å². The molecular formula is C17H16ClF6N7PPt-. The molecular weight excluding hydrogens is 678 g/mol. The van der Waals surface area contributed by atoms with Crippen LogP contribution in [0, 0.1) is 6.67 Å². The van der Waals surface area contributed by atoms with Crippen molar-refractivity contribution < 1.29 is 44.0 Å². The normalized spacial score (nSPS) is 15.1. The average Bonchev–Trinajstić information content (AvgIpc) is 3.39. The second-order valence-electron chi connectivity index (χ2n) is 6.39. The quantitative estimate of drug-likeness (QED) is 0.183. The molecule has 0 atom stereocenters. The van der Waals surface area contributed by atoms with Gasteiger partial charge in [0.05, 0.1) is 18.4 Å². The number of hydrogen-bond donors (Lipinski definition) is 0. The van der Waals surface area contributed by atoms with Crippen LogP contribution in [0.4, 0.5) is 31.1 Å². The molecule has 0 saturated heterocycles. The van der Waals surface area contributed by atoms with Crippen LogP contribution in [0.15, 0.2) is 67.4 Å². The first kappa shape index (κ1) is 27.0. The van der Waals surface area contributed by atoms with Gasteiger partial charge in [-0.3, -0.25) is 0 Å². The van der Waals surface area contributed by atoms with E-state index in [0.717, 1.165) is 12.2 Å². The van der Waals surface area contributed by atoms with E-state index in [9.17, 15) is 25.2 Å². The minimum absolute atomic E-state index is 0.643. The van der Waals surface area contributed by atoms with Gasteiger partial charge in [-0.15, -0.1) is 11.8 Å². The molecule has 7 nitrogen and oxygen atoms in total. The summed E-state index contributed by atoms with van der Waals surface area (Å²) in [7, 11) is -6.05. The fraction of sp³-hybridized carbons (Fsp3) is 0.118. The van der Waals surface area contributed by atoms with Crippen LogP contribution in [0.5, 0.6) is 0 Å². The van der Waals surface area contributed by atoms with Crippen molar-refractivity contribution in [3.8, 4) is 0 Å². The fourth-order valence-electron chi connectivity index (χ4n) is 2.48. The van der Waals surface area contributed by atoms with Gasteiger partial charge in [0.1, 0.15) is 0 Å². The summed E-state index contributed by atoms with van der Waals surface area (Å²) < 4.78 is 61.0. The zero-order chi connectivity index (χ0) is 24.6. The summed E-state index contributed by atoms with van der Waals surface area (Å²) >= 11 is 1.61. The molecule has 0 aliphatic carbocycles. The van der Waals surface area contributed by atoms with Crippen molar-refractivity contribution in [2.45, 2.75) is 13.1 Å². The van der Waals surface area contributed by atoms with E-state index in [1.54, 1.807) is 37.2 Å². The zero-order valence-corrected chi connectivity index (χ0v) is 20.3. The van der Waals surface area contributed by atoms with Gasteiger partial charge < -0.3 is 9.80 Å². The number of rotatable bonds is 5. The van der Waals surface area contributed by atoms with Gasteiger partial charge in [-0.1, -0.05) is 35.5 Å². The van der Waals surface area contributed by atoms with Crippen molar-refractivity contribution in [2.75, 3.05) is 4.90 Å². The Balaban J connectivity index is 0.000000370. The SMILES string of the molecule is C1=CN(c2ncccn2)[CH-]N1Cc1cn(Cc2ccccc2)nn1.F[P-](F)(F)(F)(F)F.[Cl][Pt+]. The topological polar surface area (TPSA) is 63.0 Å². The second kappa shape index (κ2) is 10.4. The van der Waals surface area contributed by atoms with Gasteiger partial charge in [0.15, 0.2) is 5.95 Å². The minimum atomic E-state index is -10.7. The molecule has 16 heteroatoms. The second-order valence-corrected chi connectivity index (χ2v) is 8.31. The Morgan fingerprint density at radius 2 is 1.48 bits per heavy atom. The predicted molar refractivity (Wildman–Crippen MR) is 108 cm³/mol. The molecule has 3 aromatic rings. The zero-order valence-electron chi connectivity index (χ0n) is 16.4. The molecule has 0 fully saturated rings. The Hall–Kier alpha value is -2.23. The van der Waals surface area contributed by atoms with E-state index in [1.165, 1.54) is 5.56 Å². The number of aromatic nitrogens is 5. The molecule has 2 aromatic heterocycles. The number of anilines is 1. The summed E-state index contributed by atoms with van der Waals surface area (Å²) in [5, 5.41) is 8.44. The molecule has 0 bridgehead atoms. The van der Waals surface area contributed by atoms with E-state index in [4.69, 9.17) is 0 Å². The van der Waals surface area contributed by atoms with Crippen LogP contribution in [0.1, 0.15) is 11.3 Å². The first-order chi connectivity index (χ1) is 15.3. The van der Waals surface area contributed by atoms with Crippen molar-refractivity contribution in [3.63, 3.8) is 0 Å². The maximum atomic E-state index is 9.87. The van der Waals surface area contributed by atoms with E-state index in [2.05, 4.69) is 41.8 Å². The molecule has 0 spiro atoms. The molecule has 33 heavy (non-hydrogen) atoms. The van der Waals surface area contributed by atoms with Crippen molar-refractivity contribution in [1.82, 2.24) is 29.9 Å². The van der Waals surface area contributed by atoms with Gasteiger partial charge in [-0.2, -0.15) is 0 Å². The van der Waals surface area contributed by atoms with E-state index >= 15 is 0 Å². The molecule has 4 rings (SSSR count). The summed E-state index contributed by atoms with van der Waals surface area (Å²) in [6.07, 6.45) is 9.30. The van der Waals surface area contributed by atoms with Crippen molar-refractivity contribution in [2.24, 2.45) is 0 Å². The van der Waals surface area contributed by atoms with E-state index in [0.29, 0.717) is 12.5 Å². The third-order valence-electron chi connectivity index (χ3n) is 3.59. The molecule has 1 aromatic carbocycles. The molecule has 184 valence electrons. The molecule has 0 radical (unpaired) electrons. The van der Waals surface area contributed by atoms with E-state index in [-0.39, 0.29) is 0 Å². The third-order valence-corrected chi connectivity index (χ3v) is 3.59. The number of halogens is 7. The molecule has 0 unspecified atom stereocenters. The third kappa shape index (κ3) is 12.0. The Morgan fingerprint density at radius 3 is 2.09 bits per heavy atom.